The molecule has 34 heavy (non-hydrogen) atoms. The van der Waals surface area contributed by atoms with Crippen molar-refractivity contribution in [2.75, 3.05) is 39.3 Å². The summed E-state index contributed by atoms with van der Waals surface area (Å²) in [6.07, 6.45) is 7.41. The lowest BCUT2D eigenvalue weighted by atomic mass is 9.85. The van der Waals surface area contributed by atoms with Gasteiger partial charge >= 0.3 is 6.09 Å². The number of alkyl halides is 1. The molecule has 3 fully saturated rings. The molecule has 1 amide bonds. The maximum Gasteiger partial charge on any atom is 0.410 e. The van der Waals surface area contributed by atoms with Gasteiger partial charge in [-0.1, -0.05) is 11.6 Å². The number of fused-ring (bicyclic) bond motifs is 1. The number of nitrogens with zero attached hydrogens (tertiary/aromatic N) is 5. The molecule has 2 unspecified atom stereocenters. The van der Waals surface area contributed by atoms with Crippen molar-refractivity contribution in [3.8, 4) is 0 Å². The molecule has 5 rings (SSSR count). The van der Waals surface area contributed by atoms with Crippen LogP contribution in [0.1, 0.15) is 57.5 Å². The summed E-state index contributed by atoms with van der Waals surface area (Å²) in [6, 6.07) is 2.19. The molecular formula is C24H34ClN5O3S. The van der Waals surface area contributed by atoms with Gasteiger partial charge in [-0.15, -0.1) is 11.3 Å². The van der Waals surface area contributed by atoms with Crippen LogP contribution in [-0.2, 0) is 9.47 Å². The molecule has 0 bridgehead atoms. The minimum Gasteiger partial charge on any atom is -0.444 e. The second-order valence-electron chi connectivity index (χ2n) is 10.6. The molecule has 0 N–H and O–H groups in total. The highest BCUT2D eigenvalue weighted by Crippen LogP contribution is 2.43. The van der Waals surface area contributed by atoms with Crippen molar-refractivity contribution < 1.29 is 14.3 Å². The fraction of sp³-hybridized carbons (Fsp3) is 0.708. The predicted octanol–water partition coefficient (Wildman–Crippen LogP) is 4.45. The van der Waals surface area contributed by atoms with Crippen LogP contribution >= 0.6 is 22.9 Å². The maximum absolute atomic E-state index is 13.0. The lowest BCUT2D eigenvalue weighted by Gasteiger charge is -2.49. The average Bonchev–Trinajstić information content (AvgIpc) is 3.38. The Labute approximate surface area is 210 Å². The fourth-order valence-electron chi connectivity index (χ4n) is 5.62. The summed E-state index contributed by atoms with van der Waals surface area (Å²) >= 11 is 8.16. The normalized spacial score (nSPS) is 25.2. The Hall–Kier alpha value is -1.52. The van der Waals surface area contributed by atoms with E-state index in [1.54, 1.807) is 17.7 Å². The SMILES string of the molecule is CC(C)(C)OC(=O)N1CCCC12CCN(C(c1cc3ncncc3s1)N1CCOC(Cl)C1)CC2. The maximum atomic E-state index is 13.0. The Morgan fingerprint density at radius 2 is 2.03 bits per heavy atom. The van der Waals surface area contributed by atoms with E-state index >= 15 is 0 Å². The van der Waals surface area contributed by atoms with Gasteiger partial charge in [0.1, 0.15) is 17.5 Å². The molecule has 1 spiro atoms. The number of rotatable bonds is 3. The van der Waals surface area contributed by atoms with Crippen LogP contribution in [0.5, 0.6) is 0 Å². The van der Waals surface area contributed by atoms with Crippen molar-refractivity contribution in [2.24, 2.45) is 0 Å². The van der Waals surface area contributed by atoms with E-state index < -0.39 is 5.60 Å². The highest BCUT2D eigenvalue weighted by molar-refractivity contribution is 7.19. The van der Waals surface area contributed by atoms with E-state index in [0.29, 0.717) is 13.2 Å². The minimum absolute atomic E-state index is 0.102. The predicted molar refractivity (Wildman–Crippen MR) is 133 cm³/mol. The van der Waals surface area contributed by atoms with Crippen LogP contribution in [0.25, 0.3) is 10.2 Å². The van der Waals surface area contributed by atoms with Crippen molar-refractivity contribution in [3.05, 3.63) is 23.5 Å². The molecule has 5 heterocycles. The van der Waals surface area contributed by atoms with Gasteiger partial charge in [0, 0.05) is 49.3 Å². The molecule has 0 radical (unpaired) electrons. The molecule has 0 saturated carbocycles. The Balaban J connectivity index is 1.37. The van der Waals surface area contributed by atoms with Gasteiger partial charge in [0.25, 0.3) is 0 Å². The van der Waals surface area contributed by atoms with E-state index in [1.807, 2.05) is 31.9 Å². The summed E-state index contributed by atoms with van der Waals surface area (Å²) < 4.78 is 12.5. The number of piperidine rings is 1. The summed E-state index contributed by atoms with van der Waals surface area (Å²) in [7, 11) is 0. The van der Waals surface area contributed by atoms with Crippen LogP contribution in [0.15, 0.2) is 18.6 Å². The molecule has 0 aliphatic carbocycles. The highest BCUT2D eigenvalue weighted by Gasteiger charge is 2.48. The van der Waals surface area contributed by atoms with Crippen molar-refractivity contribution >= 4 is 39.2 Å². The minimum atomic E-state index is -0.481. The van der Waals surface area contributed by atoms with Gasteiger partial charge in [-0.2, -0.15) is 0 Å². The van der Waals surface area contributed by atoms with E-state index in [2.05, 4.69) is 25.8 Å². The van der Waals surface area contributed by atoms with Gasteiger partial charge in [0.15, 0.2) is 0 Å². The van der Waals surface area contributed by atoms with Crippen molar-refractivity contribution in [1.82, 2.24) is 24.7 Å². The van der Waals surface area contributed by atoms with Gasteiger partial charge in [0.05, 0.1) is 23.0 Å². The average molecular weight is 508 g/mol. The first-order valence-corrected chi connectivity index (χ1v) is 13.4. The number of carbonyl (C=O) groups excluding carboxylic acids is 1. The van der Waals surface area contributed by atoms with Crippen LogP contribution in [0.2, 0.25) is 0 Å². The van der Waals surface area contributed by atoms with Crippen LogP contribution in [0, 0.1) is 0 Å². The number of likely N-dealkylation sites (tertiary alicyclic amines) is 2. The lowest BCUT2D eigenvalue weighted by Crippen LogP contribution is -2.57. The third-order valence-corrected chi connectivity index (χ3v) is 8.52. The van der Waals surface area contributed by atoms with Crippen LogP contribution < -0.4 is 0 Å². The summed E-state index contributed by atoms with van der Waals surface area (Å²) in [5.74, 6) is 0. The van der Waals surface area contributed by atoms with Crippen molar-refractivity contribution in [1.29, 1.82) is 0 Å². The fourth-order valence-corrected chi connectivity index (χ4v) is 7.04. The Bertz CT molecular complexity index is 986. The Morgan fingerprint density at radius 3 is 2.74 bits per heavy atom. The van der Waals surface area contributed by atoms with Crippen LogP contribution in [0.3, 0.4) is 0 Å². The molecule has 8 nitrogen and oxygen atoms in total. The van der Waals surface area contributed by atoms with E-state index in [1.165, 1.54) is 4.88 Å². The van der Waals surface area contributed by atoms with Gasteiger partial charge in [-0.3, -0.25) is 9.80 Å². The Kier molecular flexibility index (Phi) is 6.76. The molecule has 0 aromatic carbocycles. The molecule has 10 heteroatoms. The molecule has 3 saturated heterocycles. The number of hydrogen-bond donors (Lipinski definition) is 0. The van der Waals surface area contributed by atoms with Crippen molar-refractivity contribution in [2.45, 2.75) is 69.3 Å². The van der Waals surface area contributed by atoms with Crippen LogP contribution in [-0.4, -0.2) is 86.8 Å². The molecule has 2 atom stereocenters. The number of amides is 1. The quantitative estimate of drug-likeness (QED) is 0.568. The topological polar surface area (TPSA) is 71.0 Å². The second-order valence-corrected chi connectivity index (χ2v) is 12.2. The van der Waals surface area contributed by atoms with Crippen LogP contribution in [0.4, 0.5) is 4.79 Å². The smallest absolute Gasteiger partial charge is 0.410 e. The van der Waals surface area contributed by atoms with E-state index in [-0.39, 0.29) is 23.4 Å². The largest absolute Gasteiger partial charge is 0.444 e. The van der Waals surface area contributed by atoms with Gasteiger partial charge in [0.2, 0.25) is 0 Å². The van der Waals surface area contributed by atoms with E-state index in [0.717, 1.165) is 62.1 Å². The number of hydrogen-bond acceptors (Lipinski definition) is 8. The van der Waals surface area contributed by atoms with Gasteiger partial charge < -0.3 is 14.4 Å². The monoisotopic (exact) mass is 507 g/mol. The summed E-state index contributed by atoms with van der Waals surface area (Å²) in [6.45, 7) is 10.5. The zero-order valence-corrected chi connectivity index (χ0v) is 21.8. The zero-order valence-electron chi connectivity index (χ0n) is 20.2. The number of ether oxygens (including phenoxy) is 2. The highest BCUT2D eigenvalue weighted by atomic mass is 35.5. The number of halogens is 1. The Morgan fingerprint density at radius 1 is 1.24 bits per heavy atom. The standard InChI is InChI=1S/C24H34ClN5O3S/c1-23(2,3)33-22(31)30-8-4-5-24(30)6-9-28(10-7-24)21(29-11-12-32-20(25)15-29)18-13-17-19(34-18)14-26-16-27-17/h13-14,16,20-21H,4-12,15H2,1-3H3. The number of aromatic nitrogens is 2. The second kappa shape index (κ2) is 9.50. The zero-order chi connectivity index (χ0) is 23.9. The number of thiophene rings is 1. The molecule has 3 aliphatic heterocycles. The molecule has 2 aromatic heterocycles. The lowest BCUT2D eigenvalue weighted by molar-refractivity contribution is -0.0672. The number of carbonyl (C=O) groups is 1. The third-order valence-electron chi connectivity index (χ3n) is 7.16. The summed E-state index contributed by atoms with van der Waals surface area (Å²) in [5.41, 5.74) is 0.0929. The molecule has 186 valence electrons. The first-order chi connectivity index (χ1) is 16.2. The van der Waals surface area contributed by atoms with E-state index in [4.69, 9.17) is 21.1 Å². The van der Waals surface area contributed by atoms with E-state index in [9.17, 15) is 4.79 Å². The van der Waals surface area contributed by atoms with Gasteiger partial charge in [-0.25, -0.2) is 14.8 Å². The molecule has 2 aromatic rings. The van der Waals surface area contributed by atoms with Gasteiger partial charge in [-0.05, 0) is 52.5 Å². The number of morpholine rings is 1. The van der Waals surface area contributed by atoms with Crippen molar-refractivity contribution in [3.63, 3.8) is 0 Å². The first-order valence-electron chi connectivity index (χ1n) is 12.2. The third kappa shape index (κ3) is 4.91. The summed E-state index contributed by atoms with van der Waals surface area (Å²) in [4.78, 5) is 29.9. The first kappa shape index (κ1) is 24.2. The summed E-state index contributed by atoms with van der Waals surface area (Å²) in [5, 5.41) is 0. The molecule has 3 aliphatic rings. The molecular weight excluding hydrogens is 474 g/mol.